The molecule has 1 saturated heterocycles. The summed E-state index contributed by atoms with van der Waals surface area (Å²) >= 11 is 0. The van der Waals surface area contributed by atoms with Gasteiger partial charge in [0.1, 0.15) is 0 Å². The molecule has 3 rings (SSSR count). The van der Waals surface area contributed by atoms with E-state index in [-0.39, 0.29) is 17.5 Å². The number of nitrogens with one attached hydrogen (secondary N) is 1. The average Bonchev–Trinajstić information content (AvgIpc) is 2.98. The van der Waals surface area contributed by atoms with Crippen LogP contribution in [0.2, 0.25) is 0 Å². The van der Waals surface area contributed by atoms with Gasteiger partial charge in [0.15, 0.2) is 0 Å². The van der Waals surface area contributed by atoms with Gasteiger partial charge in [-0.1, -0.05) is 0 Å². The van der Waals surface area contributed by atoms with Crippen molar-refractivity contribution in [2.24, 2.45) is 7.05 Å². The first-order valence-electron chi connectivity index (χ1n) is 7.93. The van der Waals surface area contributed by atoms with E-state index in [2.05, 4.69) is 15.1 Å². The Morgan fingerprint density at radius 2 is 2.26 bits per heavy atom. The van der Waals surface area contributed by atoms with Crippen LogP contribution < -0.4 is 5.69 Å². The van der Waals surface area contributed by atoms with Crippen molar-refractivity contribution in [1.29, 1.82) is 0 Å². The van der Waals surface area contributed by atoms with Crippen molar-refractivity contribution < 1.29 is 4.79 Å². The number of carbonyl (C=O) groups is 1. The van der Waals surface area contributed by atoms with E-state index in [1.54, 1.807) is 10.9 Å². The number of rotatable bonds is 4. The molecule has 1 fully saturated rings. The maximum absolute atomic E-state index is 12.5. The van der Waals surface area contributed by atoms with Crippen molar-refractivity contribution in [1.82, 2.24) is 24.6 Å². The molecule has 0 unspecified atom stereocenters. The SMILES string of the molecule is Cn1nccc1CCC(=O)N1CCC[C@H](c2ccnc(=O)[nH]2)C1. The van der Waals surface area contributed by atoms with Crippen molar-refractivity contribution in [2.45, 2.75) is 31.6 Å². The molecule has 7 heteroatoms. The Labute approximate surface area is 134 Å². The Hall–Kier alpha value is -2.44. The molecule has 7 nitrogen and oxygen atoms in total. The lowest BCUT2D eigenvalue weighted by atomic mass is 9.94. The minimum absolute atomic E-state index is 0.160. The number of H-pyrrole nitrogens is 1. The Balaban J connectivity index is 1.60. The zero-order valence-corrected chi connectivity index (χ0v) is 13.2. The van der Waals surface area contributed by atoms with Crippen LogP contribution in [0.5, 0.6) is 0 Å². The largest absolute Gasteiger partial charge is 0.345 e. The van der Waals surface area contributed by atoms with Gasteiger partial charge in [0.05, 0.1) is 0 Å². The molecular weight excluding hydrogens is 294 g/mol. The minimum Gasteiger partial charge on any atom is -0.342 e. The van der Waals surface area contributed by atoms with Crippen molar-refractivity contribution in [3.05, 3.63) is 46.4 Å². The zero-order chi connectivity index (χ0) is 16.2. The third kappa shape index (κ3) is 3.67. The highest BCUT2D eigenvalue weighted by Crippen LogP contribution is 2.25. The lowest BCUT2D eigenvalue weighted by Crippen LogP contribution is -2.39. The van der Waals surface area contributed by atoms with Crippen LogP contribution in [-0.4, -0.2) is 43.6 Å². The molecule has 0 saturated carbocycles. The summed E-state index contributed by atoms with van der Waals surface area (Å²) in [6.07, 6.45) is 6.38. The molecular formula is C16H21N5O2. The van der Waals surface area contributed by atoms with E-state index in [1.807, 2.05) is 24.1 Å². The second-order valence-corrected chi connectivity index (χ2v) is 5.96. The average molecular weight is 315 g/mol. The number of aromatic amines is 1. The fourth-order valence-corrected chi connectivity index (χ4v) is 3.12. The summed E-state index contributed by atoms with van der Waals surface area (Å²) in [6.45, 7) is 1.44. The van der Waals surface area contributed by atoms with Crippen LogP contribution >= 0.6 is 0 Å². The highest BCUT2D eigenvalue weighted by atomic mass is 16.2. The first kappa shape index (κ1) is 15.5. The van der Waals surface area contributed by atoms with E-state index in [9.17, 15) is 9.59 Å². The Bertz CT molecular complexity index is 736. The minimum atomic E-state index is -0.331. The van der Waals surface area contributed by atoms with Crippen LogP contribution in [-0.2, 0) is 18.3 Å². The fraction of sp³-hybridized carbons (Fsp3) is 0.500. The van der Waals surface area contributed by atoms with Crippen LogP contribution in [0.25, 0.3) is 0 Å². The first-order valence-corrected chi connectivity index (χ1v) is 7.93. The summed E-state index contributed by atoms with van der Waals surface area (Å²) in [5.41, 5.74) is 1.60. The van der Waals surface area contributed by atoms with E-state index in [0.29, 0.717) is 19.4 Å². The third-order valence-corrected chi connectivity index (χ3v) is 4.43. The molecule has 122 valence electrons. The number of amides is 1. The molecule has 0 bridgehead atoms. The predicted molar refractivity (Wildman–Crippen MR) is 84.9 cm³/mol. The zero-order valence-electron chi connectivity index (χ0n) is 13.2. The number of aryl methyl sites for hydroxylation is 2. The molecule has 23 heavy (non-hydrogen) atoms. The van der Waals surface area contributed by atoms with Crippen molar-refractivity contribution in [3.63, 3.8) is 0 Å². The van der Waals surface area contributed by atoms with E-state index in [1.165, 1.54) is 6.20 Å². The first-order chi connectivity index (χ1) is 11.1. The number of likely N-dealkylation sites (tertiary alicyclic amines) is 1. The summed E-state index contributed by atoms with van der Waals surface area (Å²) in [6, 6.07) is 3.77. The molecule has 1 N–H and O–H groups in total. The lowest BCUT2D eigenvalue weighted by Gasteiger charge is -2.32. The van der Waals surface area contributed by atoms with Crippen LogP contribution in [0.3, 0.4) is 0 Å². The topological polar surface area (TPSA) is 83.9 Å². The van der Waals surface area contributed by atoms with Gasteiger partial charge in [0.2, 0.25) is 5.91 Å². The number of aromatic nitrogens is 4. The summed E-state index contributed by atoms with van der Waals surface area (Å²) in [7, 11) is 1.89. The van der Waals surface area contributed by atoms with Gasteiger partial charge in [-0.05, 0) is 31.4 Å². The van der Waals surface area contributed by atoms with Gasteiger partial charge in [0, 0.05) is 56.3 Å². The van der Waals surface area contributed by atoms with Crippen molar-refractivity contribution in [2.75, 3.05) is 13.1 Å². The van der Waals surface area contributed by atoms with Crippen molar-refractivity contribution in [3.8, 4) is 0 Å². The second-order valence-electron chi connectivity index (χ2n) is 5.96. The van der Waals surface area contributed by atoms with Gasteiger partial charge in [-0.25, -0.2) is 9.78 Å². The lowest BCUT2D eigenvalue weighted by molar-refractivity contribution is -0.132. The van der Waals surface area contributed by atoms with Crippen LogP contribution in [0.4, 0.5) is 0 Å². The van der Waals surface area contributed by atoms with Gasteiger partial charge >= 0.3 is 5.69 Å². The summed E-state index contributed by atoms with van der Waals surface area (Å²) in [4.78, 5) is 32.2. The van der Waals surface area contributed by atoms with Crippen LogP contribution in [0, 0.1) is 0 Å². The highest BCUT2D eigenvalue weighted by Gasteiger charge is 2.25. The Morgan fingerprint density at radius 1 is 1.39 bits per heavy atom. The summed E-state index contributed by atoms with van der Waals surface area (Å²) in [5, 5.41) is 4.12. The normalized spacial score (nSPS) is 18.1. The van der Waals surface area contributed by atoms with E-state index >= 15 is 0 Å². The van der Waals surface area contributed by atoms with Gasteiger partial charge in [0.25, 0.3) is 0 Å². The van der Waals surface area contributed by atoms with E-state index in [4.69, 9.17) is 0 Å². The smallest absolute Gasteiger partial charge is 0.342 e. The predicted octanol–water partition coefficient (Wildman–Crippen LogP) is 0.842. The Morgan fingerprint density at radius 3 is 3.00 bits per heavy atom. The maximum atomic E-state index is 12.5. The van der Waals surface area contributed by atoms with E-state index < -0.39 is 0 Å². The second kappa shape index (κ2) is 6.76. The summed E-state index contributed by atoms with van der Waals surface area (Å²) in [5.74, 6) is 0.340. The number of nitrogens with zero attached hydrogens (tertiary/aromatic N) is 4. The third-order valence-electron chi connectivity index (χ3n) is 4.43. The molecule has 3 heterocycles. The molecule has 1 atom stereocenters. The number of hydrogen-bond donors (Lipinski definition) is 1. The molecule has 1 aliphatic rings. The number of carbonyl (C=O) groups excluding carboxylic acids is 1. The van der Waals surface area contributed by atoms with Crippen LogP contribution in [0.1, 0.15) is 36.6 Å². The molecule has 2 aromatic heterocycles. The molecule has 2 aromatic rings. The number of hydrogen-bond acceptors (Lipinski definition) is 4. The van der Waals surface area contributed by atoms with Gasteiger partial charge in [-0.2, -0.15) is 5.10 Å². The molecule has 1 amide bonds. The molecule has 1 aliphatic heterocycles. The van der Waals surface area contributed by atoms with Gasteiger partial charge in [-0.15, -0.1) is 0 Å². The van der Waals surface area contributed by atoms with Crippen molar-refractivity contribution >= 4 is 5.91 Å². The quantitative estimate of drug-likeness (QED) is 0.906. The number of piperidine rings is 1. The monoisotopic (exact) mass is 315 g/mol. The van der Waals surface area contributed by atoms with Crippen LogP contribution in [0.15, 0.2) is 29.3 Å². The van der Waals surface area contributed by atoms with E-state index in [0.717, 1.165) is 30.8 Å². The molecule has 0 radical (unpaired) electrons. The summed E-state index contributed by atoms with van der Waals surface area (Å²) < 4.78 is 1.80. The fourth-order valence-electron chi connectivity index (χ4n) is 3.12. The molecule has 0 spiro atoms. The van der Waals surface area contributed by atoms with Gasteiger partial charge in [-0.3, -0.25) is 9.48 Å². The van der Waals surface area contributed by atoms with Gasteiger partial charge < -0.3 is 9.88 Å². The molecule has 0 aromatic carbocycles. The molecule has 0 aliphatic carbocycles. The Kier molecular flexibility index (Phi) is 4.55. The highest BCUT2D eigenvalue weighted by molar-refractivity contribution is 5.76. The maximum Gasteiger partial charge on any atom is 0.345 e. The standard InChI is InChI=1S/C16H21N5O2/c1-20-13(6-9-18-20)4-5-15(22)21-10-2-3-12(11-21)14-7-8-17-16(23)19-14/h6-9,12H,2-5,10-11H2,1H3,(H,17,19,23)/t12-/m0/s1.